The first-order valence-corrected chi connectivity index (χ1v) is 4.55. The van der Waals surface area contributed by atoms with Crippen molar-refractivity contribution >= 4 is 15.6 Å². The van der Waals surface area contributed by atoms with E-state index >= 15 is 0 Å². The minimum Gasteiger partial charge on any atom is -0.788 e. The van der Waals surface area contributed by atoms with Crippen molar-refractivity contribution in [2.45, 2.75) is 0 Å². The summed E-state index contributed by atoms with van der Waals surface area (Å²) in [4.78, 5) is 37.6. The number of phosphoric acid groups is 2. The van der Waals surface area contributed by atoms with Crippen LogP contribution in [0, 0.1) is 0 Å². The third-order valence-corrected chi connectivity index (χ3v) is 0.848. The first-order valence-electron chi connectivity index (χ1n) is 1.63. The molecule has 0 atom stereocenters. The van der Waals surface area contributed by atoms with Crippen LogP contribution in [0.5, 0.6) is 0 Å². The fourth-order valence-electron chi connectivity index (χ4n) is 0.0816. The van der Waals surface area contributed by atoms with E-state index in [-0.39, 0.29) is 0 Å². The van der Waals surface area contributed by atoms with Crippen molar-refractivity contribution in [1.29, 1.82) is 0 Å². The molecule has 0 aromatic carbocycles. The molecule has 0 aromatic rings. The van der Waals surface area contributed by atoms with Gasteiger partial charge in [0.05, 0.1) is 0 Å². The van der Waals surface area contributed by atoms with E-state index in [1.807, 2.05) is 0 Å². The van der Waals surface area contributed by atoms with Crippen LogP contribution in [0.4, 0.5) is 0 Å². The van der Waals surface area contributed by atoms with Gasteiger partial charge in [-0.15, -0.1) is 0 Å². The summed E-state index contributed by atoms with van der Waals surface area (Å²) in [6, 6.07) is 0. The molecule has 0 unspecified atom stereocenters. The summed E-state index contributed by atoms with van der Waals surface area (Å²) in [6.45, 7) is 0. The minimum atomic E-state index is -5.56. The number of rotatable bonds is 3. The Morgan fingerprint density at radius 1 is 0.800 bits per heavy atom. The molecule has 10 heteroatoms. The quantitative estimate of drug-likeness (QED) is 0.254. The highest BCUT2D eigenvalue weighted by Gasteiger charge is 1.94. The van der Waals surface area contributed by atoms with Crippen molar-refractivity contribution in [2.24, 2.45) is 0 Å². The average Bonchev–Trinajstić information content (AvgIpc) is 1.57. The Morgan fingerprint density at radius 2 is 1.00 bits per heavy atom. The van der Waals surface area contributed by atoms with Gasteiger partial charge in [0.2, 0.25) is 0 Å². The maximum absolute atomic E-state index is 9.40. The van der Waals surface area contributed by atoms with Crippen molar-refractivity contribution in [3.05, 3.63) is 0 Å². The summed E-state index contributed by atoms with van der Waals surface area (Å²) >= 11 is 0. The monoisotopic (exact) mass is 190 g/mol. The van der Waals surface area contributed by atoms with Crippen LogP contribution in [0.2, 0.25) is 0 Å². The van der Waals surface area contributed by atoms with E-state index in [1.54, 1.807) is 0 Å². The van der Waals surface area contributed by atoms with Crippen LogP contribution in [-0.4, -0.2) is 0 Å². The molecule has 8 nitrogen and oxygen atoms in total. The van der Waals surface area contributed by atoms with Gasteiger partial charge in [0.1, 0.15) is 15.6 Å². The predicted molar refractivity (Wildman–Crippen MR) is 17.4 cm³/mol. The van der Waals surface area contributed by atoms with Gasteiger partial charge in [-0.05, 0) is 0 Å². The molecule has 0 aliphatic carbocycles. The molecule has 0 heterocycles. The van der Waals surface area contributed by atoms with E-state index in [0.29, 0.717) is 0 Å². The Hall–Kier alpha value is 0.220. The van der Waals surface area contributed by atoms with E-state index in [2.05, 4.69) is 9.35 Å². The van der Waals surface area contributed by atoms with Crippen molar-refractivity contribution in [3.8, 4) is 0 Å². The summed E-state index contributed by atoms with van der Waals surface area (Å²) in [5.74, 6) is 0. The van der Waals surface area contributed by atoms with Gasteiger partial charge in [-0.1, -0.05) is 0 Å². The van der Waals surface area contributed by atoms with Crippen molar-refractivity contribution in [3.63, 3.8) is 0 Å². The van der Waals surface area contributed by atoms with Crippen LogP contribution >= 0.6 is 15.6 Å². The molecule has 0 radical (unpaired) electrons. The molecular formula is O8P2-4. The second kappa shape index (κ2) is 3.08. The van der Waals surface area contributed by atoms with Crippen LogP contribution in [0.15, 0.2) is 0 Å². The highest BCUT2D eigenvalue weighted by Crippen LogP contribution is 2.35. The normalized spacial score (nSPS) is 13.6. The highest BCUT2D eigenvalue weighted by atomic mass is 31.2. The third-order valence-electron chi connectivity index (χ3n) is 0.216. The maximum Gasteiger partial charge on any atom is 0.101 e. The summed E-state index contributed by atoms with van der Waals surface area (Å²) in [5, 5.41) is 0. The number of hydrogen-bond acceptors (Lipinski definition) is 8. The molecule has 0 bridgehead atoms. The van der Waals surface area contributed by atoms with Crippen LogP contribution < -0.4 is 19.6 Å². The molecule has 0 aromatic heterocycles. The van der Waals surface area contributed by atoms with Gasteiger partial charge in [0.25, 0.3) is 0 Å². The lowest BCUT2D eigenvalue weighted by Crippen LogP contribution is -2.21. The van der Waals surface area contributed by atoms with Crippen molar-refractivity contribution in [1.82, 2.24) is 0 Å². The lowest BCUT2D eigenvalue weighted by molar-refractivity contribution is -0.411. The zero-order chi connectivity index (χ0) is 8.41. The molecule has 0 saturated carbocycles. The molecule has 0 aliphatic rings. The molecular weight excluding hydrogens is 190 g/mol. The lowest BCUT2D eigenvalue weighted by Gasteiger charge is -2.33. The zero-order valence-corrected chi connectivity index (χ0v) is 5.95. The highest BCUT2D eigenvalue weighted by molar-refractivity contribution is 7.45. The summed E-state index contributed by atoms with van der Waals surface area (Å²) < 4.78 is 24.1. The number of hydrogen-bond donors (Lipinski definition) is 0. The summed E-state index contributed by atoms with van der Waals surface area (Å²) in [6.07, 6.45) is 0. The van der Waals surface area contributed by atoms with E-state index in [9.17, 15) is 28.7 Å². The molecule has 0 fully saturated rings. The first kappa shape index (κ1) is 10.2. The van der Waals surface area contributed by atoms with Gasteiger partial charge < -0.3 is 28.7 Å². The Kier molecular flexibility index (Phi) is 3.15. The smallest absolute Gasteiger partial charge is 0.101 e. The van der Waals surface area contributed by atoms with Gasteiger partial charge in [0.15, 0.2) is 0 Å². The average molecular weight is 190 g/mol. The molecule has 0 amide bonds. The van der Waals surface area contributed by atoms with Crippen LogP contribution in [-0.2, 0) is 18.5 Å². The second-order valence-corrected chi connectivity index (χ2v) is 3.13. The van der Waals surface area contributed by atoms with E-state index in [0.717, 1.165) is 0 Å². The maximum atomic E-state index is 9.40. The topological polar surface area (TPSA) is 145 Å². The van der Waals surface area contributed by atoms with Crippen molar-refractivity contribution in [2.75, 3.05) is 0 Å². The van der Waals surface area contributed by atoms with Crippen LogP contribution in [0.3, 0.4) is 0 Å². The fraction of sp³-hybridized carbons (Fsp3) is 0. The molecule has 0 aliphatic heterocycles. The van der Waals surface area contributed by atoms with Crippen LogP contribution in [0.25, 0.3) is 0 Å². The standard InChI is InChI=1S/H4O8P2/c1-9(2,3)7-8-10(4,5)6/h(H2,1,2,3)(H2,4,5,6)/p-4. The molecule has 62 valence electrons. The largest absolute Gasteiger partial charge is 0.788 e. The Balaban J connectivity index is 3.79. The van der Waals surface area contributed by atoms with E-state index in [4.69, 9.17) is 0 Å². The molecule has 10 heavy (non-hydrogen) atoms. The second-order valence-electron chi connectivity index (χ2n) is 1.04. The molecule has 0 spiro atoms. The predicted octanol–water partition coefficient (Wildman–Crippen LogP) is -3.41. The van der Waals surface area contributed by atoms with Gasteiger partial charge in [0, 0.05) is 0 Å². The SMILES string of the molecule is O=P([O-])([O-])OOP(=O)([O-])[O-]. The summed E-state index contributed by atoms with van der Waals surface area (Å²) in [5.41, 5.74) is 0. The first-order chi connectivity index (χ1) is 4.21. The lowest BCUT2D eigenvalue weighted by atomic mass is 14.9. The molecule has 0 N–H and O–H groups in total. The van der Waals surface area contributed by atoms with Gasteiger partial charge in [-0.3, -0.25) is 0 Å². The molecule has 0 saturated heterocycles. The van der Waals surface area contributed by atoms with Crippen molar-refractivity contribution < 1.29 is 38.1 Å². The van der Waals surface area contributed by atoms with Crippen LogP contribution in [0.1, 0.15) is 0 Å². The minimum absolute atomic E-state index is 2.65. The van der Waals surface area contributed by atoms with E-state index < -0.39 is 15.6 Å². The van der Waals surface area contributed by atoms with Gasteiger partial charge in [-0.25, -0.2) is 9.35 Å². The van der Waals surface area contributed by atoms with E-state index in [1.165, 1.54) is 0 Å². The Bertz CT molecular complexity index is 157. The Morgan fingerprint density at radius 3 is 1.10 bits per heavy atom. The summed E-state index contributed by atoms with van der Waals surface area (Å²) in [7, 11) is -11.1. The fourth-order valence-corrected chi connectivity index (χ4v) is 0.735. The third kappa shape index (κ3) is 8.22. The van der Waals surface area contributed by atoms with Gasteiger partial charge >= 0.3 is 0 Å². The Labute approximate surface area is 54.8 Å². The molecule has 0 rings (SSSR count). The zero-order valence-electron chi connectivity index (χ0n) is 4.16. The van der Waals surface area contributed by atoms with Gasteiger partial charge in [-0.2, -0.15) is 0 Å².